The fourth-order valence-electron chi connectivity index (χ4n) is 5.66. The van der Waals surface area contributed by atoms with Gasteiger partial charge in [0.1, 0.15) is 11.5 Å². The Labute approximate surface area is 197 Å². The highest BCUT2D eigenvalue weighted by Crippen LogP contribution is 2.38. The first-order valence-corrected chi connectivity index (χ1v) is 11.7. The molecule has 3 aromatic rings. The number of halogens is 1. The van der Waals surface area contributed by atoms with Gasteiger partial charge in [0.15, 0.2) is 0 Å². The maximum Gasteiger partial charge on any atom is 0.307 e. The number of benzene rings is 1. The zero-order chi connectivity index (χ0) is 23.9. The number of carboxylic acid groups (broad SMARTS) is 1. The number of aliphatic carboxylic acids is 1. The molecule has 2 aromatic heterocycles. The van der Waals surface area contributed by atoms with Gasteiger partial charge >= 0.3 is 5.97 Å². The molecule has 178 valence electrons. The minimum absolute atomic E-state index is 0.0195. The van der Waals surface area contributed by atoms with Crippen molar-refractivity contribution in [1.29, 1.82) is 0 Å². The summed E-state index contributed by atoms with van der Waals surface area (Å²) in [5.41, 5.74) is 2.65. The second kappa shape index (κ2) is 8.83. The largest absolute Gasteiger partial charge is 0.481 e. The Hall–Kier alpha value is -3.26. The summed E-state index contributed by atoms with van der Waals surface area (Å²) in [5.74, 6) is -1.17. The molecule has 1 atom stereocenters. The van der Waals surface area contributed by atoms with E-state index in [2.05, 4.69) is 9.55 Å². The summed E-state index contributed by atoms with van der Waals surface area (Å²) in [5, 5.41) is 10.3. The van der Waals surface area contributed by atoms with Gasteiger partial charge in [0.2, 0.25) is 5.91 Å². The summed E-state index contributed by atoms with van der Waals surface area (Å²) in [7, 11) is 1.84. The van der Waals surface area contributed by atoms with Crippen LogP contribution in [0.4, 0.5) is 4.39 Å². The molecule has 1 amide bonds. The van der Waals surface area contributed by atoms with Crippen molar-refractivity contribution < 1.29 is 23.8 Å². The summed E-state index contributed by atoms with van der Waals surface area (Å²) in [6.07, 6.45) is 4.18. The number of hydrogen-bond acceptors (Lipinski definition) is 4. The number of carboxylic acids is 1. The van der Waals surface area contributed by atoms with Crippen LogP contribution >= 0.6 is 0 Å². The van der Waals surface area contributed by atoms with E-state index in [9.17, 15) is 19.1 Å². The Bertz CT molecular complexity index is 1230. The number of pyridine rings is 1. The predicted octanol–water partition coefficient (Wildman–Crippen LogP) is 3.32. The second-order valence-corrected chi connectivity index (χ2v) is 9.29. The minimum atomic E-state index is -0.866. The smallest absolute Gasteiger partial charge is 0.307 e. The first kappa shape index (κ1) is 22.5. The van der Waals surface area contributed by atoms with Gasteiger partial charge in [-0.25, -0.2) is 9.37 Å². The van der Waals surface area contributed by atoms with Crippen LogP contribution in [0.25, 0.3) is 11.0 Å². The molecule has 34 heavy (non-hydrogen) atoms. The third kappa shape index (κ3) is 3.76. The van der Waals surface area contributed by atoms with Gasteiger partial charge in [-0.3, -0.25) is 9.59 Å². The van der Waals surface area contributed by atoms with Crippen LogP contribution in [0.5, 0.6) is 0 Å². The van der Waals surface area contributed by atoms with Crippen LogP contribution in [0, 0.1) is 5.82 Å². The van der Waals surface area contributed by atoms with Gasteiger partial charge in [-0.05, 0) is 61.1 Å². The van der Waals surface area contributed by atoms with Crippen molar-refractivity contribution >= 4 is 22.9 Å². The van der Waals surface area contributed by atoms with Gasteiger partial charge in [-0.2, -0.15) is 0 Å². The number of hydrogen-bond donors (Lipinski definition) is 1. The standard InChI is InChI=1S/C26H28FN3O4/c1-29(25(33)26(10-13-34-14-11-26)17-4-6-18(27)7-5-17)19-8-9-22-21(15-23(31)32)20-3-2-12-28-24(20)30(22)16-19/h2-7,12,19H,8-11,13-16H2,1H3,(H,31,32). The number of aromatic nitrogens is 2. The third-order valence-corrected chi connectivity index (χ3v) is 7.50. The lowest BCUT2D eigenvalue weighted by molar-refractivity contribution is -0.142. The van der Waals surface area contributed by atoms with Gasteiger partial charge in [-0.15, -0.1) is 0 Å². The molecule has 0 bridgehead atoms. The van der Waals surface area contributed by atoms with Crippen molar-refractivity contribution in [1.82, 2.24) is 14.5 Å². The molecule has 2 aliphatic heterocycles. The highest BCUT2D eigenvalue weighted by Gasteiger charge is 2.45. The number of ether oxygens (including phenoxy) is 1. The van der Waals surface area contributed by atoms with Crippen LogP contribution in [0.1, 0.15) is 36.1 Å². The fourth-order valence-corrected chi connectivity index (χ4v) is 5.66. The van der Waals surface area contributed by atoms with E-state index in [1.807, 2.05) is 24.1 Å². The third-order valence-electron chi connectivity index (χ3n) is 7.50. The molecule has 0 radical (unpaired) electrons. The van der Waals surface area contributed by atoms with Gasteiger partial charge in [0, 0.05) is 50.1 Å². The van der Waals surface area contributed by atoms with Crippen LogP contribution in [-0.2, 0) is 39.1 Å². The molecule has 0 spiro atoms. The monoisotopic (exact) mass is 465 g/mol. The molecule has 0 saturated carbocycles. The predicted molar refractivity (Wildman–Crippen MR) is 124 cm³/mol. The summed E-state index contributed by atoms with van der Waals surface area (Å²) in [6.45, 7) is 1.52. The number of fused-ring (bicyclic) bond motifs is 3. The summed E-state index contributed by atoms with van der Waals surface area (Å²) >= 11 is 0. The zero-order valence-corrected chi connectivity index (χ0v) is 19.2. The van der Waals surface area contributed by atoms with Crippen LogP contribution < -0.4 is 0 Å². The van der Waals surface area contributed by atoms with Crippen molar-refractivity contribution in [3.8, 4) is 0 Å². The molecule has 1 N–H and O–H groups in total. The number of rotatable bonds is 5. The lowest BCUT2D eigenvalue weighted by atomic mass is 9.72. The van der Waals surface area contributed by atoms with E-state index in [0.717, 1.165) is 34.3 Å². The molecule has 1 aromatic carbocycles. The molecule has 4 heterocycles. The number of nitrogens with zero attached hydrogens (tertiary/aromatic N) is 3. The van der Waals surface area contributed by atoms with Crippen LogP contribution in [0.3, 0.4) is 0 Å². The maximum absolute atomic E-state index is 14.0. The van der Waals surface area contributed by atoms with E-state index < -0.39 is 11.4 Å². The Balaban J connectivity index is 1.47. The van der Waals surface area contributed by atoms with Gasteiger partial charge in [-0.1, -0.05) is 12.1 Å². The first-order chi connectivity index (χ1) is 16.4. The molecule has 2 aliphatic rings. The molecule has 5 rings (SSSR count). The Morgan fingerprint density at radius 2 is 1.97 bits per heavy atom. The van der Waals surface area contributed by atoms with Crippen molar-refractivity contribution in [2.45, 2.75) is 50.1 Å². The number of carbonyl (C=O) groups is 2. The molecular weight excluding hydrogens is 437 g/mol. The minimum Gasteiger partial charge on any atom is -0.481 e. The van der Waals surface area contributed by atoms with Gasteiger partial charge in [0.05, 0.1) is 11.8 Å². The molecule has 1 saturated heterocycles. The normalized spacial score (nSPS) is 19.5. The molecule has 0 aliphatic carbocycles. The SMILES string of the molecule is CN(C(=O)C1(c2ccc(F)cc2)CCOCC1)C1CCc2c(CC(=O)O)c3cccnc3n2C1. The maximum atomic E-state index is 14.0. The fraction of sp³-hybridized carbons (Fsp3) is 0.423. The number of carbonyl (C=O) groups excluding carboxylic acids is 1. The Kier molecular flexibility index (Phi) is 5.85. The summed E-state index contributed by atoms with van der Waals surface area (Å²) in [4.78, 5) is 31.9. The van der Waals surface area contributed by atoms with Crippen molar-refractivity contribution in [3.63, 3.8) is 0 Å². The van der Waals surface area contributed by atoms with Crippen LogP contribution in [0.15, 0.2) is 42.6 Å². The van der Waals surface area contributed by atoms with Crippen molar-refractivity contribution in [3.05, 3.63) is 65.2 Å². The van der Waals surface area contributed by atoms with Crippen molar-refractivity contribution in [2.75, 3.05) is 20.3 Å². The topological polar surface area (TPSA) is 84.7 Å². The number of likely N-dealkylation sites (N-methyl/N-ethyl adjacent to an activating group) is 1. The lowest BCUT2D eigenvalue weighted by Gasteiger charge is -2.42. The molecular formula is C26H28FN3O4. The van der Waals surface area contributed by atoms with E-state index in [0.29, 0.717) is 39.0 Å². The van der Waals surface area contributed by atoms with E-state index >= 15 is 0 Å². The molecule has 7 nitrogen and oxygen atoms in total. The molecule has 1 unspecified atom stereocenters. The lowest BCUT2D eigenvalue weighted by Crippen LogP contribution is -2.53. The van der Waals surface area contributed by atoms with Crippen LogP contribution in [0.2, 0.25) is 0 Å². The molecule has 8 heteroatoms. The Morgan fingerprint density at radius 1 is 1.24 bits per heavy atom. The Morgan fingerprint density at radius 3 is 2.68 bits per heavy atom. The first-order valence-electron chi connectivity index (χ1n) is 11.7. The van der Waals surface area contributed by atoms with E-state index in [-0.39, 0.29) is 24.2 Å². The quantitative estimate of drug-likeness (QED) is 0.625. The zero-order valence-electron chi connectivity index (χ0n) is 19.2. The van der Waals surface area contributed by atoms with Gasteiger partial charge < -0.3 is 19.3 Å². The highest BCUT2D eigenvalue weighted by molar-refractivity contribution is 5.89. The van der Waals surface area contributed by atoms with Crippen molar-refractivity contribution in [2.24, 2.45) is 0 Å². The highest BCUT2D eigenvalue weighted by atomic mass is 19.1. The van der Waals surface area contributed by atoms with E-state index in [1.165, 1.54) is 12.1 Å². The van der Waals surface area contributed by atoms with E-state index in [4.69, 9.17) is 4.74 Å². The number of amides is 1. The van der Waals surface area contributed by atoms with Gasteiger partial charge in [0.25, 0.3) is 0 Å². The summed E-state index contributed by atoms with van der Waals surface area (Å²) < 4.78 is 21.3. The van der Waals surface area contributed by atoms with Crippen LogP contribution in [-0.4, -0.2) is 57.7 Å². The second-order valence-electron chi connectivity index (χ2n) is 9.29. The summed E-state index contributed by atoms with van der Waals surface area (Å²) in [6, 6.07) is 9.93. The average Bonchev–Trinajstić information content (AvgIpc) is 3.16. The van der Waals surface area contributed by atoms with E-state index in [1.54, 1.807) is 18.3 Å². The molecule has 1 fully saturated rings. The average molecular weight is 466 g/mol.